The molecule has 1 aliphatic rings. The van der Waals surface area contributed by atoms with Crippen LogP contribution >= 0.6 is 12.4 Å². The lowest BCUT2D eigenvalue weighted by atomic mass is 10.2. The van der Waals surface area contributed by atoms with Gasteiger partial charge in [-0.15, -0.1) is 12.4 Å². The third-order valence-corrected chi connectivity index (χ3v) is 3.97. The summed E-state index contributed by atoms with van der Waals surface area (Å²) in [5.74, 6) is -3.64. The fourth-order valence-electron chi connectivity index (χ4n) is 2.60. The third-order valence-electron chi connectivity index (χ3n) is 3.97. The number of hydrogen-bond acceptors (Lipinski definition) is 3. The van der Waals surface area contributed by atoms with Crippen molar-refractivity contribution in [3.8, 4) is 5.69 Å². The van der Waals surface area contributed by atoms with E-state index < -0.39 is 30.8 Å². The van der Waals surface area contributed by atoms with E-state index in [9.17, 15) is 18.0 Å². The van der Waals surface area contributed by atoms with Crippen molar-refractivity contribution >= 4 is 18.3 Å². The number of carbonyl (C=O) groups excluding carboxylic acids is 1. The van der Waals surface area contributed by atoms with Crippen LogP contribution in [0.15, 0.2) is 30.5 Å². The predicted molar refractivity (Wildman–Crippen MR) is 88.7 cm³/mol. The maximum Gasteiger partial charge on any atom is 0.262 e. The normalized spacial score (nSPS) is 18.6. The summed E-state index contributed by atoms with van der Waals surface area (Å²) in [6.07, 6.45) is 1.23. The van der Waals surface area contributed by atoms with Gasteiger partial charge in [-0.3, -0.25) is 10.1 Å². The molecule has 1 atom stereocenters. The SMILES string of the molecule is Cc1nn(-c2ccc(F)cc2)cc1CNC(=O)C1CC(F)(F)CN1.Cl. The second-order valence-electron chi connectivity index (χ2n) is 5.87. The molecule has 1 saturated heterocycles. The second kappa shape index (κ2) is 7.45. The minimum atomic E-state index is -2.84. The molecule has 136 valence electrons. The van der Waals surface area contributed by atoms with Crippen molar-refractivity contribution < 1.29 is 18.0 Å². The van der Waals surface area contributed by atoms with E-state index in [0.29, 0.717) is 11.4 Å². The molecule has 0 saturated carbocycles. The number of benzene rings is 1. The molecule has 0 radical (unpaired) electrons. The summed E-state index contributed by atoms with van der Waals surface area (Å²) in [6.45, 7) is 1.49. The number of nitrogens with one attached hydrogen (secondary N) is 2. The molecule has 1 fully saturated rings. The Morgan fingerprint density at radius 1 is 1.40 bits per heavy atom. The van der Waals surface area contributed by atoms with Gasteiger partial charge in [-0.2, -0.15) is 5.10 Å². The van der Waals surface area contributed by atoms with Gasteiger partial charge in [0.15, 0.2) is 0 Å². The minimum Gasteiger partial charge on any atom is -0.351 e. The van der Waals surface area contributed by atoms with E-state index >= 15 is 0 Å². The molecule has 1 amide bonds. The molecule has 0 spiro atoms. The molecule has 2 N–H and O–H groups in total. The number of nitrogens with zero attached hydrogens (tertiary/aromatic N) is 2. The summed E-state index contributed by atoms with van der Waals surface area (Å²) in [5, 5.41) is 9.48. The second-order valence-corrected chi connectivity index (χ2v) is 5.87. The first kappa shape index (κ1) is 19.3. The van der Waals surface area contributed by atoms with Gasteiger partial charge in [0.05, 0.1) is 24.0 Å². The number of hydrogen-bond donors (Lipinski definition) is 2. The Morgan fingerprint density at radius 3 is 2.68 bits per heavy atom. The number of amides is 1. The zero-order valence-electron chi connectivity index (χ0n) is 13.4. The number of carbonyl (C=O) groups is 1. The van der Waals surface area contributed by atoms with Crippen molar-refractivity contribution in [3.05, 3.63) is 47.5 Å². The number of rotatable bonds is 4. The standard InChI is InChI=1S/C16H17F3N4O.ClH/c1-10-11(7-20-15(24)14-6-16(18,19)9-21-14)8-23(22-10)13-4-2-12(17)3-5-13;/h2-5,8,14,21H,6-7,9H2,1H3,(H,20,24);1H. The number of aryl methyl sites for hydroxylation is 1. The Labute approximate surface area is 149 Å². The van der Waals surface area contributed by atoms with E-state index in [1.807, 2.05) is 0 Å². The van der Waals surface area contributed by atoms with Crippen molar-refractivity contribution in [1.82, 2.24) is 20.4 Å². The first-order chi connectivity index (χ1) is 11.3. The average Bonchev–Trinajstić information content (AvgIpc) is 3.08. The van der Waals surface area contributed by atoms with Crippen molar-refractivity contribution in [1.29, 1.82) is 0 Å². The lowest BCUT2D eigenvalue weighted by Gasteiger charge is -2.10. The lowest BCUT2D eigenvalue weighted by molar-refractivity contribution is -0.123. The Balaban J connectivity index is 0.00000225. The molecule has 2 heterocycles. The first-order valence-electron chi connectivity index (χ1n) is 7.54. The Hall–Kier alpha value is -2.06. The average molecular weight is 375 g/mol. The molecule has 0 bridgehead atoms. The Kier molecular flexibility index (Phi) is 5.74. The van der Waals surface area contributed by atoms with Crippen LogP contribution in [0.4, 0.5) is 13.2 Å². The van der Waals surface area contributed by atoms with Crippen LogP contribution in [-0.2, 0) is 11.3 Å². The van der Waals surface area contributed by atoms with E-state index in [4.69, 9.17) is 0 Å². The van der Waals surface area contributed by atoms with Gasteiger partial charge >= 0.3 is 0 Å². The van der Waals surface area contributed by atoms with Gasteiger partial charge in [0.25, 0.3) is 5.92 Å². The Bertz CT molecular complexity index is 748. The van der Waals surface area contributed by atoms with Crippen molar-refractivity contribution in [2.45, 2.75) is 31.9 Å². The van der Waals surface area contributed by atoms with E-state index in [0.717, 1.165) is 5.56 Å². The quantitative estimate of drug-likeness (QED) is 0.863. The smallest absolute Gasteiger partial charge is 0.262 e. The van der Waals surface area contributed by atoms with Gasteiger partial charge in [-0.1, -0.05) is 0 Å². The monoisotopic (exact) mass is 374 g/mol. The largest absolute Gasteiger partial charge is 0.351 e. The highest BCUT2D eigenvalue weighted by molar-refractivity contribution is 5.85. The molecule has 5 nitrogen and oxygen atoms in total. The van der Waals surface area contributed by atoms with Crippen molar-refractivity contribution in [2.24, 2.45) is 0 Å². The summed E-state index contributed by atoms with van der Waals surface area (Å²) < 4.78 is 40.8. The van der Waals surface area contributed by atoms with E-state index in [1.165, 1.54) is 12.1 Å². The number of halogens is 4. The fraction of sp³-hybridized carbons (Fsp3) is 0.375. The molecule has 1 unspecified atom stereocenters. The maximum absolute atomic E-state index is 13.1. The highest BCUT2D eigenvalue weighted by Crippen LogP contribution is 2.25. The van der Waals surface area contributed by atoms with Gasteiger partial charge in [-0.05, 0) is 31.2 Å². The van der Waals surface area contributed by atoms with E-state index in [1.54, 1.807) is 29.9 Å². The van der Waals surface area contributed by atoms with Gasteiger partial charge in [0, 0.05) is 24.7 Å². The molecule has 0 aliphatic carbocycles. The molecule has 2 aromatic rings. The minimum absolute atomic E-state index is 0. The zero-order valence-corrected chi connectivity index (χ0v) is 14.2. The molecule has 1 aromatic heterocycles. The highest BCUT2D eigenvalue weighted by Gasteiger charge is 2.42. The van der Waals surface area contributed by atoms with E-state index in [2.05, 4.69) is 15.7 Å². The van der Waals surface area contributed by atoms with Gasteiger partial charge in [-0.25, -0.2) is 17.9 Å². The van der Waals surface area contributed by atoms with Crippen LogP contribution in [0.1, 0.15) is 17.7 Å². The Morgan fingerprint density at radius 2 is 2.08 bits per heavy atom. The van der Waals surface area contributed by atoms with Crippen LogP contribution in [0.5, 0.6) is 0 Å². The molecular formula is C16H18ClF3N4O. The van der Waals surface area contributed by atoms with Crippen LogP contribution in [-0.4, -0.2) is 34.2 Å². The maximum atomic E-state index is 13.1. The number of alkyl halides is 2. The van der Waals surface area contributed by atoms with Gasteiger partial charge in [0.2, 0.25) is 5.91 Å². The molecule has 9 heteroatoms. The summed E-state index contributed by atoms with van der Waals surface area (Å²) in [4.78, 5) is 12.0. The fourth-order valence-corrected chi connectivity index (χ4v) is 2.60. The van der Waals surface area contributed by atoms with Crippen LogP contribution in [0.3, 0.4) is 0 Å². The highest BCUT2D eigenvalue weighted by atomic mass is 35.5. The van der Waals surface area contributed by atoms with Gasteiger partial charge in [0.1, 0.15) is 5.82 Å². The summed E-state index contributed by atoms with van der Waals surface area (Å²) >= 11 is 0. The van der Waals surface area contributed by atoms with Crippen molar-refractivity contribution in [3.63, 3.8) is 0 Å². The third kappa shape index (κ3) is 4.52. The molecule has 1 aromatic carbocycles. The first-order valence-corrected chi connectivity index (χ1v) is 7.54. The van der Waals surface area contributed by atoms with Crippen LogP contribution in [0.2, 0.25) is 0 Å². The lowest BCUT2D eigenvalue weighted by Crippen LogP contribution is -2.40. The summed E-state index contributed by atoms with van der Waals surface area (Å²) in [5.41, 5.74) is 2.15. The van der Waals surface area contributed by atoms with E-state index in [-0.39, 0.29) is 24.8 Å². The molecular weight excluding hydrogens is 357 g/mol. The van der Waals surface area contributed by atoms with Crippen LogP contribution in [0, 0.1) is 12.7 Å². The molecule has 1 aliphatic heterocycles. The van der Waals surface area contributed by atoms with Gasteiger partial charge < -0.3 is 5.32 Å². The molecule has 3 rings (SSSR count). The summed E-state index contributed by atoms with van der Waals surface area (Å²) in [6, 6.07) is 4.97. The summed E-state index contributed by atoms with van der Waals surface area (Å²) in [7, 11) is 0. The number of aromatic nitrogens is 2. The zero-order chi connectivity index (χ0) is 17.3. The van der Waals surface area contributed by atoms with Crippen molar-refractivity contribution in [2.75, 3.05) is 6.54 Å². The van der Waals surface area contributed by atoms with Crippen LogP contribution < -0.4 is 10.6 Å². The topological polar surface area (TPSA) is 59.0 Å². The van der Waals surface area contributed by atoms with Crippen LogP contribution in [0.25, 0.3) is 5.69 Å². The predicted octanol–water partition coefficient (Wildman–Crippen LogP) is 2.36. The molecule has 25 heavy (non-hydrogen) atoms.